The molecule has 1 aromatic rings. The largest absolute Gasteiger partial charge is 0.477 e. The molecule has 1 saturated heterocycles. The fraction of sp³-hybridized carbons (Fsp3) is 0.429. The predicted molar refractivity (Wildman–Crippen MR) is 82.9 cm³/mol. The van der Waals surface area contributed by atoms with Gasteiger partial charge in [0, 0.05) is 18.9 Å². The number of fused-ring (bicyclic) bond motifs is 1. The van der Waals surface area contributed by atoms with E-state index in [0.29, 0.717) is 17.4 Å². The van der Waals surface area contributed by atoms with Crippen molar-refractivity contribution in [1.29, 1.82) is 0 Å². The number of aromatic nitrogens is 2. The van der Waals surface area contributed by atoms with Crippen molar-refractivity contribution in [3.05, 3.63) is 28.7 Å². The maximum Gasteiger partial charge on any atom is 0.435 e. The van der Waals surface area contributed by atoms with Gasteiger partial charge < -0.3 is 10.4 Å². The molecular weight excluding hydrogens is 377 g/mol. The van der Waals surface area contributed by atoms with Crippen LogP contribution in [0.15, 0.2) is 17.3 Å². The maximum atomic E-state index is 12.7. The normalized spacial score (nSPS) is 22.8. The summed E-state index contributed by atoms with van der Waals surface area (Å²) in [7, 11) is 1.18. The summed E-state index contributed by atoms with van der Waals surface area (Å²) in [5.74, 6) is -2.39. The van der Waals surface area contributed by atoms with Crippen LogP contribution in [0, 0.1) is 0 Å². The highest BCUT2D eigenvalue weighted by atomic mass is 32.2. The highest BCUT2D eigenvalue weighted by molar-refractivity contribution is 8.00. The predicted octanol–water partition coefficient (Wildman–Crippen LogP) is 0.811. The molecule has 0 bridgehead atoms. The van der Waals surface area contributed by atoms with Gasteiger partial charge in [0.25, 0.3) is 11.8 Å². The number of hydrogen-bond donors (Lipinski definition) is 2. The van der Waals surface area contributed by atoms with E-state index >= 15 is 0 Å². The summed E-state index contributed by atoms with van der Waals surface area (Å²) < 4.78 is 38.9. The van der Waals surface area contributed by atoms with Crippen molar-refractivity contribution in [2.24, 2.45) is 7.05 Å². The fourth-order valence-electron chi connectivity index (χ4n) is 2.81. The van der Waals surface area contributed by atoms with Crippen molar-refractivity contribution in [3.8, 4) is 0 Å². The number of halogens is 3. The lowest BCUT2D eigenvalue weighted by atomic mass is 10.0. The standard InChI is InChI=1S/C14H13F3N4O4S/c1-5-4-26-12-8(11(23)21(12)9(5)13(24)25)18-10(22)6-3-7(14(15,16)17)19-20(6)2/h3,8,12H,4H2,1-2H3,(H,18,22)(H,24,25). The Morgan fingerprint density at radius 3 is 2.62 bits per heavy atom. The highest BCUT2D eigenvalue weighted by Crippen LogP contribution is 2.40. The lowest BCUT2D eigenvalue weighted by Crippen LogP contribution is -2.70. The molecule has 0 spiro atoms. The van der Waals surface area contributed by atoms with E-state index in [2.05, 4.69) is 10.4 Å². The zero-order chi connectivity index (χ0) is 19.4. The van der Waals surface area contributed by atoms with Crippen molar-refractivity contribution in [3.63, 3.8) is 0 Å². The minimum Gasteiger partial charge on any atom is -0.477 e. The Kier molecular flexibility index (Phi) is 4.25. The van der Waals surface area contributed by atoms with Crippen LogP contribution in [0.2, 0.25) is 0 Å². The Morgan fingerprint density at radius 1 is 1.42 bits per heavy atom. The number of rotatable bonds is 3. The van der Waals surface area contributed by atoms with Gasteiger partial charge in [-0.1, -0.05) is 0 Å². The summed E-state index contributed by atoms with van der Waals surface area (Å²) in [6.45, 7) is 1.60. The van der Waals surface area contributed by atoms with E-state index in [1.807, 2.05) is 0 Å². The van der Waals surface area contributed by atoms with E-state index in [1.165, 1.54) is 18.8 Å². The Bertz CT molecular complexity index is 848. The molecular formula is C14H13F3N4O4S. The van der Waals surface area contributed by atoms with E-state index in [-0.39, 0.29) is 11.4 Å². The van der Waals surface area contributed by atoms with E-state index in [1.54, 1.807) is 6.92 Å². The van der Waals surface area contributed by atoms with Gasteiger partial charge in [-0.25, -0.2) is 4.79 Å². The number of alkyl halides is 3. The molecule has 0 aromatic carbocycles. The highest BCUT2D eigenvalue weighted by Gasteiger charge is 2.54. The third-order valence-electron chi connectivity index (χ3n) is 4.05. The van der Waals surface area contributed by atoms with Gasteiger partial charge in [0.1, 0.15) is 22.8 Å². The van der Waals surface area contributed by atoms with Gasteiger partial charge in [-0.05, 0) is 12.5 Å². The smallest absolute Gasteiger partial charge is 0.435 e. The second-order valence-corrected chi connectivity index (χ2v) is 6.94. The first-order valence-electron chi connectivity index (χ1n) is 7.32. The average molecular weight is 390 g/mol. The molecule has 2 aliphatic rings. The number of amides is 2. The molecule has 0 aliphatic carbocycles. The Labute approximate surface area is 149 Å². The number of thioether (sulfide) groups is 1. The molecule has 3 heterocycles. The molecule has 3 rings (SSSR count). The van der Waals surface area contributed by atoms with Gasteiger partial charge in [0.2, 0.25) is 0 Å². The molecule has 26 heavy (non-hydrogen) atoms. The number of nitrogens with zero attached hydrogens (tertiary/aromatic N) is 3. The lowest BCUT2D eigenvalue weighted by Gasteiger charge is -2.49. The van der Waals surface area contributed by atoms with Crippen LogP contribution in [0.4, 0.5) is 13.2 Å². The van der Waals surface area contributed by atoms with Crippen LogP contribution in [-0.2, 0) is 22.8 Å². The fourth-order valence-corrected chi connectivity index (χ4v) is 4.10. The zero-order valence-electron chi connectivity index (χ0n) is 13.5. The molecule has 0 radical (unpaired) electrons. The zero-order valence-corrected chi connectivity index (χ0v) is 14.3. The number of carboxylic acid groups (broad SMARTS) is 1. The summed E-state index contributed by atoms with van der Waals surface area (Å²) in [5.41, 5.74) is -1.16. The number of carboxylic acids is 1. The van der Waals surface area contributed by atoms with Crippen LogP contribution in [0.3, 0.4) is 0 Å². The maximum absolute atomic E-state index is 12.7. The summed E-state index contributed by atoms with van der Waals surface area (Å²) in [6.07, 6.45) is -4.70. The first kappa shape index (κ1) is 18.3. The van der Waals surface area contributed by atoms with Crippen LogP contribution in [0.1, 0.15) is 23.1 Å². The summed E-state index contributed by atoms with van der Waals surface area (Å²) in [5, 5.41) is 14.2. The van der Waals surface area contributed by atoms with Gasteiger partial charge in [0.15, 0.2) is 5.69 Å². The second kappa shape index (κ2) is 6.04. The molecule has 2 unspecified atom stereocenters. The van der Waals surface area contributed by atoms with Crippen molar-refractivity contribution >= 4 is 29.5 Å². The number of carbonyl (C=O) groups excluding carboxylic acids is 2. The average Bonchev–Trinajstić information content (AvgIpc) is 2.94. The van der Waals surface area contributed by atoms with Crippen molar-refractivity contribution in [2.75, 3.05) is 5.75 Å². The molecule has 2 atom stereocenters. The Morgan fingerprint density at radius 2 is 2.08 bits per heavy atom. The SMILES string of the molecule is CC1=C(C(=O)O)N2C(=O)C(NC(=O)c3cc(C(F)(F)F)nn3C)C2SC1. The molecule has 1 fully saturated rings. The first-order valence-corrected chi connectivity index (χ1v) is 8.37. The molecule has 12 heteroatoms. The number of β-lactam (4-membered cyclic amide) rings is 1. The van der Waals surface area contributed by atoms with E-state index < -0.39 is 41.1 Å². The number of aliphatic carboxylic acids is 1. The summed E-state index contributed by atoms with van der Waals surface area (Å²) >= 11 is 1.27. The topological polar surface area (TPSA) is 105 Å². The Balaban J connectivity index is 1.78. The minimum atomic E-state index is -4.70. The van der Waals surface area contributed by atoms with Crippen LogP contribution in [0.5, 0.6) is 0 Å². The molecule has 2 N–H and O–H groups in total. The van der Waals surface area contributed by atoms with Crippen LogP contribution in [0.25, 0.3) is 0 Å². The lowest BCUT2D eigenvalue weighted by molar-refractivity contribution is -0.148. The third-order valence-corrected chi connectivity index (χ3v) is 5.48. The molecule has 1 aromatic heterocycles. The summed E-state index contributed by atoms with van der Waals surface area (Å²) in [6, 6.07) is -0.420. The molecule has 2 aliphatic heterocycles. The molecule has 0 saturated carbocycles. The number of hydrogen-bond acceptors (Lipinski definition) is 5. The van der Waals surface area contributed by atoms with E-state index in [9.17, 15) is 32.7 Å². The van der Waals surface area contributed by atoms with Gasteiger partial charge in [-0.3, -0.25) is 19.2 Å². The molecule has 2 amide bonds. The number of aryl methyl sites for hydroxylation is 1. The van der Waals surface area contributed by atoms with Crippen LogP contribution < -0.4 is 5.32 Å². The Hall–Kier alpha value is -2.50. The number of nitrogens with one attached hydrogen (secondary N) is 1. The van der Waals surface area contributed by atoms with E-state index in [0.717, 1.165) is 9.58 Å². The molecule has 140 valence electrons. The van der Waals surface area contributed by atoms with Gasteiger partial charge in [-0.15, -0.1) is 11.8 Å². The quantitative estimate of drug-likeness (QED) is 0.741. The van der Waals surface area contributed by atoms with Crippen molar-refractivity contribution in [1.82, 2.24) is 20.0 Å². The van der Waals surface area contributed by atoms with Gasteiger partial charge >= 0.3 is 12.1 Å². The monoisotopic (exact) mass is 390 g/mol. The summed E-state index contributed by atoms with van der Waals surface area (Å²) in [4.78, 5) is 36.9. The number of carbonyl (C=O) groups is 3. The molecule has 8 nitrogen and oxygen atoms in total. The minimum absolute atomic E-state index is 0.121. The third kappa shape index (κ3) is 2.83. The van der Waals surface area contributed by atoms with Crippen LogP contribution in [-0.4, -0.2) is 54.7 Å². The first-order chi connectivity index (χ1) is 12.0. The van der Waals surface area contributed by atoms with Crippen molar-refractivity contribution < 1.29 is 32.7 Å². The van der Waals surface area contributed by atoms with Crippen molar-refractivity contribution in [2.45, 2.75) is 24.5 Å². The van der Waals surface area contributed by atoms with Gasteiger partial charge in [0.05, 0.1) is 0 Å². The van der Waals surface area contributed by atoms with Gasteiger partial charge in [-0.2, -0.15) is 18.3 Å². The van der Waals surface area contributed by atoms with Crippen LogP contribution >= 0.6 is 11.8 Å². The van der Waals surface area contributed by atoms with E-state index in [4.69, 9.17) is 0 Å². The second-order valence-electron chi connectivity index (χ2n) is 5.83.